The van der Waals surface area contributed by atoms with Crippen molar-refractivity contribution < 1.29 is 4.79 Å². The summed E-state index contributed by atoms with van der Waals surface area (Å²) in [5.41, 5.74) is 1.60. The van der Waals surface area contributed by atoms with Crippen LogP contribution >= 0.6 is 11.6 Å². The summed E-state index contributed by atoms with van der Waals surface area (Å²) in [5, 5.41) is 8.95. The van der Waals surface area contributed by atoms with Gasteiger partial charge in [0.25, 0.3) is 5.56 Å². The Labute approximate surface area is 130 Å². The van der Waals surface area contributed by atoms with Crippen LogP contribution in [0.5, 0.6) is 0 Å². The zero-order valence-corrected chi connectivity index (χ0v) is 12.4. The zero-order valence-electron chi connectivity index (χ0n) is 11.7. The molecule has 3 aromatic rings. The van der Waals surface area contributed by atoms with Crippen molar-refractivity contribution >= 4 is 39.9 Å². The molecule has 0 aliphatic carbocycles. The van der Waals surface area contributed by atoms with Crippen molar-refractivity contribution in [1.82, 2.24) is 9.78 Å². The molecule has 0 aliphatic heterocycles. The fourth-order valence-electron chi connectivity index (χ4n) is 2.21. The highest BCUT2D eigenvalue weighted by molar-refractivity contribution is 6.33. The summed E-state index contributed by atoms with van der Waals surface area (Å²) in [6, 6.07) is 11.6. The number of amides is 2. The van der Waals surface area contributed by atoms with Crippen LogP contribution in [0.1, 0.15) is 0 Å². The lowest BCUT2D eigenvalue weighted by atomic mass is 10.2. The van der Waals surface area contributed by atoms with Crippen molar-refractivity contribution in [1.29, 1.82) is 0 Å². The van der Waals surface area contributed by atoms with Crippen LogP contribution in [0.15, 0.2) is 47.3 Å². The maximum atomic E-state index is 12.0. The van der Waals surface area contributed by atoms with Gasteiger partial charge in [-0.3, -0.25) is 14.6 Å². The lowest BCUT2D eigenvalue weighted by molar-refractivity contribution is 0.262. The molecule has 7 heteroatoms. The van der Waals surface area contributed by atoms with Crippen LogP contribution in [0, 0.1) is 0 Å². The van der Waals surface area contributed by atoms with Crippen LogP contribution in [0.2, 0.25) is 5.02 Å². The number of anilines is 2. The van der Waals surface area contributed by atoms with Crippen LogP contribution in [0.25, 0.3) is 10.9 Å². The summed E-state index contributed by atoms with van der Waals surface area (Å²) in [6.45, 7) is 0. The van der Waals surface area contributed by atoms with Gasteiger partial charge in [-0.1, -0.05) is 23.7 Å². The highest BCUT2D eigenvalue weighted by atomic mass is 35.5. The van der Waals surface area contributed by atoms with Crippen molar-refractivity contribution in [3.05, 3.63) is 57.8 Å². The maximum Gasteiger partial charge on any atom is 0.323 e. The standard InChI is InChI=1S/C15H13ClN4O2/c1-20-13-7-6-9(8-10(13)14(21)19-20)17-15(22)18-12-5-3-2-4-11(12)16/h2-8H,1H3,(H,19,21)(H2,17,18,22). The number of aryl methyl sites for hydroxylation is 1. The number of para-hydroxylation sites is 1. The van der Waals surface area contributed by atoms with Gasteiger partial charge < -0.3 is 10.6 Å². The first kappa shape index (κ1) is 14.2. The van der Waals surface area contributed by atoms with E-state index in [0.717, 1.165) is 5.52 Å². The third-order valence-electron chi connectivity index (χ3n) is 3.25. The summed E-state index contributed by atoms with van der Waals surface area (Å²) in [4.78, 5) is 23.7. The molecule has 22 heavy (non-hydrogen) atoms. The minimum Gasteiger partial charge on any atom is -0.308 e. The lowest BCUT2D eigenvalue weighted by Gasteiger charge is -2.09. The van der Waals surface area contributed by atoms with Gasteiger partial charge in [0.05, 0.1) is 21.6 Å². The summed E-state index contributed by atoms with van der Waals surface area (Å²) in [6.07, 6.45) is 0. The number of benzene rings is 2. The normalized spacial score (nSPS) is 10.6. The predicted octanol–water partition coefficient (Wildman–Crippen LogP) is 3.16. The van der Waals surface area contributed by atoms with E-state index < -0.39 is 6.03 Å². The second kappa shape index (κ2) is 5.57. The fraction of sp³-hybridized carbons (Fsp3) is 0.0667. The smallest absolute Gasteiger partial charge is 0.308 e. The van der Waals surface area contributed by atoms with Gasteiger partial charge in [-0.05, 0) is 30.3 Å². The molecular formula is C15H13ClN4O2. The molecule has 1 heterocycles. The van der Waals surface area contributed by atoms with Crippen molar-refractivity contribution in [3.63, 3.8) is 0 Å². The summed E-state index contributed by atoms with van der Waals surface area (Å²) in [7, 11) is 1.75. The SMILES string of the molecule is Cn1[nH]c(=O)c2cc(NC(=O)Nc3ccccc3Cl)ccc21. The van der Waals surface area contributed by atoms with Crippen molar-refractivity contribution in [2.24, 2.45) is 7.05 Å². The molecule has 6 nitrogen and oxygen atoms in total. The Morgan fingerprint density at radius 3 is 2.73 bits per heavy atom. The summed E-state index contributed by atoms with van der Waals surface area (Å²) < 4.78 is 1.63. The Morgan fingerprint density at radius 1 is 1.18 bits per heavy atom. The summed E-state index contributed by atoms with van der Waals surface area (Å²) in [5.74, 6) is 0. The van der Waals surface area contributed by atoms with E-state index in [9.17, 15) is 9.59 Å². The third kappa shape index (κ3) is 2.68. The quantitative estimate of drug-likeness (QED) is 0.679. The van der Waals surface area contributed by atoms with E-state index >= 15 is 0 Å². The van der Waals surface area contributed by atoms with Crippen LogP contribution in [0.3, 0.4) is 0 Å². The molecule has 0 fully saturated rings. The molecular weight excluding hydrogens is 304 g/mol. The molecule has 2 amide bonds. The number of aromatic nitrogens is 2. The van der Waals surface area contributed by atoms with Crippen molar-refractivity contribution in [2.75, 3.05) is 10.6 Å². The number of fused-ring (bicyclic) bond motifs is 1. The Kier molecular flexibility index (Phi) is 3.60. The Bertz CT molecular complexity index is 913. The van der Waals surface area contributed by atoms with E-state index in [-0.39, 0.29) is 5.56 Å². The monoisotopic (exact) mass is 316 g/mol. The molecule has 0 radical (unpaired) electrons. The van der Waals surface area contributed by atoms with Crippen LogP contribution in [-0.2, 0) is 7.05 Å². The average molecular weight is 317 g/mol. The molecule has 2 aromatic carbocycles. The largest absolute Gasteiger partial charge is 0.323 e. The first-order valence-corrected chi connectivity index (χ1v) is 6.94. The number of H-pyrrole nitrogens is 1. The molecule has 0 saturated heterocycles. The Hall–Kier alpha value is -2.73. The van der Waals surface area contributed by atoms with Crippen molar-refractivity contribution in [2.45, 2.75) is 0 Å². The predicted molar refractivity (Wildman–Crippen MR) is 87.6 cm³/mol. The number of rotatable bonds is 2. The van der Waals surface area contributed by atoms with E-state index in [4.69, 9.17) is 11.6 Å². The second-order valence-electron chi connectivity index (χ2n) is 4.79. The molecule has 0 spiro atoms. The van der Waals surface area contributed by atoms with Gasteiger partial charge in [-0.2, -0.15) is 0 Å². The minimum atomic E-state index is -0.431. The topological polar surface area (TPSA) is 78.9 Å². The number of hydrogen-bond donors (Lipinski definition) is 3. The second-order valence-corrected chi connectivity index (χ2v) is 5.20. The molecule has 0 atom stereocenters. The highest BCUT2D eigenvalue weighted by Gasteiger charge is 2.08. The van der Waals surface area contributed by atoms with Gasteiger partial charge >= 0.3 is 6.03 Å². The molecule has 0 unspecified atom stereocenters. The fourth-order valence-corrected chi connectivity index (χ4v) is 2.39. The van der Waals surface area contributed by atoms with Gasteiger partial charge in [0, 0.05) is 12.7 Å². The molecule has 1 aromatic heterocycles. The van der Waals surface area contributed by atoms with Crippen molar-refractivity contribution in [3.8, 4) is 0 Å². The number of hydrogen-bond acceptors (Lipinski definition) is 2. The summed E-state index contributed by atoms with van der Waals surface area (Å²) >= 11 is 5.98. The molecule has 0 bridgehead atoms. The number of nitrogens with one attached hydrogen (secondary N) is 3. The van der Waals surface area contributed by atoms with Gasteiger partial charge in [0.1, 0.15) is 0 Å². The molecule has 3 N–H and O–H groups in total. The van der Waals surface area contributed by atoms with E-state index in [1.54, 1.807) is 54.2 Å². The number of nitrogens with zero attached hydrogens (tertiary/aromatic N) is 1. The number of carbonyl (C=O) groups excluding carboxylic acids is 1. The number of aromatic amines is 1. The molecule has 3 rings (SSSR count). The first-order chi connectivity index (χ1) is 10.5. The molecule has 112 valence electrons. The Morgan fingerprint density at radius 2 is 1.95 bits per heavy atom. The highest BCUT2D eigenvalue weighted by Crippen LogP contribution is 2.21. The van der Waals surface area contributed by atoms with Gasteiger partial charge in [-0.15, -0.1) is 0 Å². The Balaban J connectivity index is 1.81. The van der Waals surface area contributed by atoms with E-state index in [1.807, 2.05) is 0 Å². The van der Waals surface area contributed by atoms with Crippen LogP contribution in [0.4, 0.5) is 16.2 Å². The van der Waals surface area contributed by atoms with Gasteiger partial charge in [0.2, 0.25) is 0 Å². The van der Waals surface area contributed by atoms with Crippen LogP contribution in [-0.4, -0.2) is 15.8 Å². The van der Waals surface area contributed by atoms with E-state index in [0.29, 0.717) is 21.8 Å². The first-order valence-electron chi connectivity index (χ1n) is 6.56. The molecule has 0 aliphatic rings. The zero-order chi connectivity index (χ0) is 15.7. The van der Waals surface area contributed by atoms with Crippen LogP contribution < -0.4 is 16.2 Å². The molecule has 0 saturated carbocycles. The number of halogens is 1. The maximum absolute atomic E-state index is 12.0. The number of urea groups is 1. The lowest BCUT2D eigenvalue weighted by Crippen LogP contribution is -2.19. The third-order valence-corrected chi connectivity index (χ3v) is 3.58. The number of carbonyl (C=O) groups is 1. The minimum absolute atomic E-state index is 0.201. The van der Waals surface area contributed by atoms with E-state index in [1.165, 1.54) is 0 Å². The van der Waals surface area contributed by atoms with Gasteiger partial charge in [0.15, 0.2) is 0 Å². The van der Waals surface area contributed by atoms with E-state index in [2.05, 4.69) is 15.7 Å². The van der Waals surface area contributed by atoms with Gasteiger partial charge in [-0.25, -0.2) is 4.79 Å². The average Bonchev–Trinajstić information content (AvgIpc) is 2.76.